The van der Waals surface area contributed by atoms with Crippen LogP contribution in [0.1, 0.15) is 64.2 Å². The molecule has 0 radical (unpaired) electrons. The van der Waals surface area contributed by atoms with Gasteiger partial charge < -0.3 is 10.6 Å². The first kappa shape index (κ1) is 15.8. The zero-order valence-electron chi connectivity index (χ0n) is 13.8. The summed E-state index contributed by atoms with van der Waals surface area (Å²) in [5.41, 5.74) is 6.08. The third kappa shape index (κ3) is 4.00. The van der Waals surface area contributed by atoms with Gasteiger partial charge in [-0.05, 0) is 77.2 Å². The molecule has 0 bridgehead atoms. The average molecular weight is 293 g/mol. The van der Waals surface area contributed by atoms with Crippen molar-refractivity contribution in [3.8, 4) is 0 Å². The smallest absolute Gasteiger partial charge is 0.0136 e. The van der Waals surface area contributed by atoms with E-state index in [9.17, 15) is 0 Å². The van der Waals surface area contributed by atoms with E-state index in [-0.39, 0.29) is 0 Å². The molecule has 0 amide bonds. The third-order valence-corrected chi connectivity index (χ3v) is 6.30. The summed E-state index contributed by atoms with van der Waals surface area (Å²) in [4.78, 5) is 5.59. The lowest BCUT2D eigenvalue weighted by Gasteiger charge is -2.44. The second kappa shape index (κ2) is 7.94. The first-order chi connectivity index (χ1) is 10.4. The van der Waals surface area contributed by atoms with Gasteiger partial charge in [0.15, 0.2) is 0 Å². The lowest BCUT2D eigenvalue weighted by Crippen LogP contribution is -2.51. The SMILES string of the molecule is NCC1CCCCCC1N1CCC(N2CCCCC2)CC1. The minimum atomic E-state index is 0.763. The molecule has 0 aromatic heterocycles. The zero-order chi connectivity index (χ0) is 14.5. The summed E-state index contributed by atoms with van der Waals surface area (Å²) in [5, 5.41) is 0. The highest BCUT2D eigenvalue weighted by atomic mass is 15.2. The molecule has 3 nitrogen and oxygen atoms in total. The maximum Gasteiger partial charge on any atom is 0.0136 e. The molecular weight excluding hydrogens is 258 g/mol. The number of hydrogen-bond acceptors (Lipinski definition) is 3. The molecule has 2 N–H and O–H groups in total. The Morgan fingerprint density at radius 1 is 0.667 bits per heavy atom. The minimum absolute atomic E-state index is 0.763. The fourth-order valence-corrected chi connectivity index (χ4v) is 4.99. The number of piperidine rings is 2. The van der Waals surface area contributed by atoms with Gasteiger partial charge in [0.05, 0.1) is 0 Å². The Bertz CT molecular complexity index is 293. The van der Waals surface area contributed by atoms with E-state index in [1.165, 1.54) is 90.4 Å². The second-order valence-electron chi connectivity index (χ2n) is 7.56. The van der Waals surface area contributed by atoms with Crippen LogP contribution in [0.3, 0.4) is 0 Å². The molecule has 2 atom stereocenters. The van der Waals surface area contributed by atoms with Crippen LogP contribution >= 0.6 is 0 Å². The molecule has 2 unspecified atom stereocenters. The maximum atomic E-state index is 6.08. The van der Waals surface area contributed by atoms with Gasteiger partial charge in [-0.15, -0.1) is 0 Å². The molecule has 2 heterocycles. The van der Waals surface area contributed by atoms with Gasteiger partial charge in [-0.1, -0.05) is 25.7 Å². The van der Waals surface area contributed by atoms with Crippen LogP contribution in [0.5, 0.6) is 0 Å². The van der Waals surface area contributed by atoms with Crippen molar-refractivity contribution in [2.45, 2.75) is 76.3 Å². The van der Waals surface area contributed by atoms with Crippen molar-refractivity contribution in [1.82, 2.24) is 9.80 Å². The van der Waals surface area contributed by atoms with Crippen LogP contribution in [0.2, 0.25) is 0 Å². The molecule has 122 valence electrons. The van der Waals surface area contributed by atoms with E-state index in [0.29, 0.717) is 0 Å². The molecule has 2 aliphatic heterocycles. The van der Waals surface area contributed by atoms with Gasteiger partial charge >= 0.3 is 0 Å². The molecule has 0 aromatic rings. The Balaban J connectivity index is 1.51. The maximum absolute atomic E-state index is 6.08. The van der Waals surface area contributed by atoms with E-state index in [0.717, 1.165) is 24.5 Å². The lowest BCUT2D eigenvalue weighted by atomic mass is 9.90. The average Bonchev–Trinajstić information content (AvgIpc) is 2.81. The van der Waals surface area contributed by atoms with E-state index in [1.807, 2.05) is 0 Å². The number of rotatable bonds is 3. The molecule has 3 fully saturated rings. The molecule has 3 aliphatic rings. The third-order valence-electron chi connectivity index (χ3n) is 6.30. The van der Waals surface area contributed by atoms with Crippen LogP contribution in [0.15, 0.2) is 0 Å². The van der Waals surface area contributed by atoms with Crippen LogP contribution in [0.4, 0.5) is 0 Å². The van der Waals surface area contributed by atoms with Crippen molar-refractivity contribution >= 4 is 0 Å². The number of hydrogen-bond donors (Lipinski definition) is 1. The summed E-state index contributed by atoms with van der Waals surface area (Å²) in [6.45, 7) is 6.26. The van der Waals surface area contributed by atoms with Gasteiger partial charge in [0.2, 0.25) is 0 Å². The van der Waals surface area contributed by atoms with E-state index in [2.05, 4.69) is 9.80 Å². The molecule has 21 heavy (non-hydrogen) atoms. The predicted octanol–water partition coefficient (Wildman–Crippen LogP) is 2.84. The fourth-order valence-electron chi connectivity index (χ4n) is 4.99. The van der Waals surface area contributed by atoms with Crippen molar-refractivity contribution < 1.29 is 0 Å². The molecule has 1 saturated carbocycles. The number of nitrogens with two attached hydrogens (primary N) is 1. The Morgan fingerprint density at radius 3 is 2.05 bits per heavy atom. The zero-order valence-corrected chi connectivity index (χ0v) is 13.8. The fraction of sp³-hybridized carbons (Fsp3) is 1.00. The van der Waals surface area contributed by atoms with Crippen molar-refractivity contribution in [2.24, 2.45) is 11.7 Å². The quantitative estimate of drug-likeness (QED) is 0.812. The van der Waals surface area contributed by atoms with E-state index >= 15 is 0 Å². The van der Waals surface area contributed by atoms with Gasteiger partial charge in [-0.3, -0.25) is 4.90 Å². The summed E-state index contributed by atoms with van der Waals surface area (Å²) >= 11 is 0. The van der Waals surface area contributed by atoms with Crippen molar-refractivity contribution in [2.75, 3.05) is 32.7 Å². The molecule has 3 rings (SSSR count). The molecule has 3 heteroatoms. The first-order valence-corrected chi connectivity index (χ1v) is 9.56. The number of nitrogens with zero attached hydrogens (tertiary/aromatic N) is 2. The van der Waals surface area contributed by atoms with E-state index in [4.69, 9.17) is 5.73 Å². The molecule has 1 aliphatic carbocycles. The standard InChI is InChI=1S/C18H35N3/c19-15-16-7-3-1-4-8-18(16)21-13-9-17(10-14-21)20-11-5-2-6-12-20/h16-18H,1-15,19H2. The predicted molar refractivity (Wildman–Crippen MR) is 89.4 cm³/mol. The summed E-state index contributed by atoms with van der Waals surface area (Å²) in [7, 11) is 0. The van der Waals surface area contributed by atoms with Gasteiger partial charge in [-0.2, -0.15) is 0 Å². The molecule has 2 saturated heterocycles. The Morgan fingerprint density at radius 2 is 1.33 bits per heavy atom. The lowest BCUT2D eigenvalue weighted by molar-refractivity contribution is 0.0531. The van der Waals surface area contributed by atoms with E-state index < -0.39 is 0 Å². The van der Waals surface area contributed by atoms with Crippen LogP contribution in [-0.4, -0.2) is 54.6 Å². The molecule has 0 aromatic carbocycles. The molecular formula is C18H35N3. The van der Waals surface area contributed by atoms with Crippen LogP contribution in [-0.2, 0) is 0 Å². The van der Waals surface area contributed by atoms with Crippen molar-refractivity contribution in [1.29, 1.82) is 0 Å². The summed E-state index contributed by atoms with van der Waals surface area (Å²) in [5.74, 6) is 0.763. The van der Waals surface area contributed by atoms with Gasteiger partial charge in [0, 0.05) is 12.1 Å². The van der Waals surface area contributed by atoms with Crippen molar-refractivity contribution in [3.05, 3.63) is 0 Å². The largest absolute Gasteiger partial charge is 0.330 e. The second-order valence-corrected chi connectivity index (χ2v) is 7.56. The van der Waals surface area contributed by atoms with Gasteiger partial charge in [-0.25, -0.2) is 0 Å². The van der Waals surface area contributed by atoms with Crippen LogP contribution in [0, 0.1) is 5.92 Å². The van der Waals surface area contributed by atoms with Crippen LogP contribution < -0.4 is 5.73 Å². The van der Waals surface area contributed by atoms with Crippen molar-refractivity contribution in [3.63, 3.8) is 0 Å². The minimum Gasteiger partial charge on any atom is -0.330 e. The highest BCUT2D eigenvalue weighted by molar-refractivity contribution is 4.88. The molecule has 0 spiro atoms. The Hall–Kier alpha value is -0.120. The Labute approximate surface area is 131 Å². The first-order valence-electron chi connectivity index (χ1n) is 9.56. The summed E-state index contributed by atoms with van der Waals surface area (Å²) in [6.07, 6.45) is 14.1. The monoisotopic (exact) mass is 293 g/mol. The van der Waals surface area contributed by atoms with Gasteiger partial charge in [0.25, 0.3) is 0 Å². The number of likely N-dealkylation sites (tertiary alicyclic amines) is 2. The highest BCUT2D eigenvalue weighted by Gasteiger charge is 2.32. The van der Waals surface area contributed by atoms with Crippen LogP contribution in [0.25, 0.3) is 0 Å². The summed E-state index contributed by atoms with van der Waals surface area (Å²) in [6, 6.07) is 1.67. The topological polar surface area (TPSA) is 32.5 Å². The summed E-state index contributed by atoms with van der Waals surface area (Å²) < 4.78 is 0. The Kier molecular flexibility index (Phi) is 5.96. The van der Waals surface area contributed by atoms with E-state index in [1.54, 1.807) is 0 Å². The normalized spacial score (nSPS) is 34.7. The highest BCUT2D eigenvalue weighted by Crippen LogP contribution is 2.30. The van der Waals surface area contributed by atoms with Gasteiger partial charge in [0.1, 0.15) is 0 Å².